The molecule has 11 heteroatoms. The number of quaternary nitrogens is 1. The van der Waals surface area contributed by atoms with Crippen LogP contribution in [-0.4, -0.2) is 94.4 Å². The van der Waals surface area contributed by atoms with Crippen molar-refractivity contribution >= 4 is 17.9 Å². The number of aliphatic hydroxyl groups excluding tert-OH is 1. The lowest BCUT2D eigenvalue weighted by molar-refractivity contribution is -0.870. The third-order valence-corrected chi connectivity index (χ3v) is 4.60. The SMILES string of the molecule is CCCCCCCCCCCC[N+](C)(C)C.NCCO.O=C(O)CC(O)(CC(=O)O)C(=O)O.[Cl-]. The Kier molecular flexibility index (Phi) is 28.8. The second-order valence-electron chi connectivity index (χ2n) is 9.19. The van der Waals surface area contributed by atoms with Crippen molar-refractivity contribution in [2.24, 2.45) is 5.73 Å². The largest absolute Gasteiger partial charge is 1.00 e. The van der Waals surface area contributed by atoms with Gasteiger partial charge >= 0.3 is 17.9 Å². The molecule has 0 atom stereocenters. The highest BCUT2D eigenvalue weighted by Gasteiger charge is 2.40. The van der Waals surface area contributed by atoms with Gasteiger partial charge in [-0.1, -0.05) is 58.3 Å². The number of hydrogen-bond acceptors (Lipinski definition) is 6. The van der Waals surface area contributed by atoms with Crippen molar-refractivity contribution in [1.29, 1.82) is 0 Å². The van der Waals surface area contributed by atoms with E-state index in [2.05, 4.69) is 28.1 Å². The molecule has 0 aromatic carbocycles. The number of carboxylic acid groups (broad SMARTS) is 3. The number of nitrogens with two attached hydrogens (primary N) is 1. The molecule has 0 aromatic heterocycles. The Morgan fingerprint density at radius 3 is 1.32 bits per heavy atom. The molecule has 0 aliphatic rings. The number of rotatable bonds is 17. The average molecular weight is 517 g/mol. The third-order valence-electron chi connectivity index (χ3n) is 4.60. The zero-order valence-electron chi connectivity index (χ0n) is 21.5. The van der Waals surface area contributed by atoms with E-state index < -0.39 is 36.4 Å². The molecule has 7 N–H and O–H groups in total. The number of nitrogens with zero attached hydrogens (tertiary/aromatic N) is 1. The van der Waals surface area contributed by atoms with Crippen molar-refractivity contribution < 1.29 is 56.8 Å². The summed E-state index contributed by atoms with van der Waals surface area (Å²) in [6.07, 6.45) is 12.1. The Bertz CT molecular complexity index is 496. The van der Waals surface area contributed by atoms with Crippen molar-refractivity contribution in [3.05, 3.63) is 0 Å². The van der Waals surface area contributed by atoms with Gasteiger partial charge in [0.25, 0.3) is 0 Å². The molecule has 0 radical (unpaired) electrons. The minimum atomic E-state index is -2.74. The van der Waals surface area contributed by atoms with Gasteiger partial charge in [-0.2, -0.15) is 0 Å². The first kappa shape index (κ1) is 39.7. The number of carboxylic acids is 3. The first-order chi connectivity index (χ1) is 15.3. The van der Waals surface area contributed by atoms with Crippen LogP contribution in [0.3, 0.4) is 0 Å². The van der Waals surface area contributed by atoms with Crippen molar-refractivity contribution in [2.75, 3.05) is 40.8 Å². The predicted octanol–water partition coefficient (Wildman–Crippen LogP) is -0.694. The van der Waals surface area contributed by atoms with Gasteiger partial charge in [-0.15, -0.1) is 0 Å². The van der Waals surface area contributed by atoms with Gasteiger partial charge in [-0.05, 0) is 12.8 Å². The van der Waals surface area contributed by atoms with Gasteiger partial charge < -0.3 is 48.2 Å². The van der Waals surface area contributed by atoms with Gasteiger partial charge in [-0.3, -0.25) is 9.59 Å². The highest BCUT2D eigenvalue weighted by atomic mass is 35.5. The van der Waals surface area contributed by atoms with E-state index >= 15 is 0 Å². The summed E-state index contributed by atoms with van der Waals surface area (Å²) in [4.78, 5) is 30.5. The molecule has 206 valence electrons. The van der Waals surface area contributed by atoms with Crippen LogP contribution in [0, 0.1) is 0 Å². The van der Waals surface area contributed by atoms with Crippen LogP contribution in [0.25, 0.3) is 0 Å². The Hall–Kier alpha value is -1.46. The molecule has 0 aromatic rings. The highest BCUT2D eigenvalue weighted by molar-refractivity contribution is 5.88. The van der Waals surface area contributed by atoms with Crippen molar-refractivity contribution in [3.63, 3.8) is 0 Å². The van der Waals surface area contributed by atoms with Crippen LogP contribution < -0.4 is 18.1 Å². The predicted molar refractivity (Wildman–Crippen MR) is 128 cm³/mol. The van der Waals surface area contributed by atoms with Crippen LogP contribution in [0.1, 0.15) is 84.0 Å². The highest BCUT2D eigenvalue weighted by Crippen LogP contribution is 2.15. The quantitative estimate of drug-likeness (QED) is 0.108. The number of hydrogen-bond donors (Lipinski definition) is 6. The summed E-state index contributed by atoms with van der Waals surface area (Å²) in [7, 11) is 6.86. The standard InChI is InChI=1S/C15H34N.C6H8O7.C2H7NO.ClH/c1-5-6-7-8-9-10-11-12-13-14-15-16(2,3)4;7-3(8)1-6(13,5(11)12)2-4(9)10;3-1-2-4;/h5-15H2,1-4H3;13H,1-2H2,(H,7,8)(H,9,10)(H,11,12);4H,1-3H2;1H/q+1;;;/p-1. The van der Waals surface area contributed by atoms with Crippen LogP contribution in [0.2, 0.25) is 0 Å². The van der Waals surface area contributed by atoms with Gasteiger partial charge in [0.05, 0.1) is 47.1 Å². The summed E-state index contributed by atoms with van der Waals surface area (Å²) in [6, 6.07) is 0. The number of halogens is 1. The third kappa shape index (κ3) is 32.7. The van der Waals surface area contributed by atoms with Crippen LogP contribution in [-0.2, 0) is 14.4 Å². The van der Waals surface area contributed by atoms with E-state index in [9.17, 15) is 14.4 Å². The Labute approximate surface area is 211 Å². The van der Waals surface area contributed by atoms with Crippen LogP contribution in [0.15, 0.2) is 0 Å². The normalized spacial score (nSPS) is 10.7. The topological polar surface area (TPSA) is 178 Å². The van der Waals surface area contributed by atoms with Gasteiger partial charge in [0.2, 0.25) is 0 Å². The maximum Gasteiger partial charge on any atom is 0.336 e. The van der Waals surface area contributed by atoms with Gasteiger partial charge in [0, 0.05) is 6.54 Å². The molecular weight excluding hydrogens is 468 g/mol. The van der Waals surface area contributed by atoms with Gasteiger partial charge in [0.15, 0.2) is 5.60 Å². The molecule has 0 unspecified atom stereocenters. The van der Waals surface area contributed by atoms with E-state index in [1.165, 1.54) is 70.8 Å². The molecule has 0 bridgehead atoms. The minimum absolute atomic E-state index is 0. The van der Waals surface area contributed by atoms with Crippen molar-refractivity contribution in [1.82, 2.24) is 0 Å². The van der Waals surface area contributed by atoms with Crippen molar-refractivity contribution in [3.8, 4) is 0 Å². The lowest BCUT2D eigenvalue weighted by atomic mass is 9.96. The zero-order chi connectivity index (χ0) is 26.3. The number of aliphatic hydroxyl groups is 2. The molecule has 0 aliphatic heterocycles. The average Bonchev–Trinajstić information content (AvgIpc) is 2.68. The number of unbranched alkanes of at least 4 members (excludes halogenated alkanes) is 9. The first-order valence-electron chi connectivity index (χ1n) is 11.8. The zero-order valence-corrected chi connectivity index (χ0v) is 22.2. The second-order valence-corrected chi connectivity index (χ2v) is 9.19. The Morgan fingerprint density at radius 1 is 0.765 bits per heavy atom. The fourth-order valence-electron chi connectivity index (χ4n) is 2.79. The molecule has 0 rings (SSSR count). The molecule has 0 spiro atoms. The monoisotopic (exact) mass is 516 g/mol. The minimum Gasteiger partial charge on any atom is -1.00 e. The van der Waals surface area contributed by atoms with Crippen LogP contribution in [0.5, 0.6) is 0 Å². The van der Waals surface area contributed by atoms with Crippen molar-refractivity contribution in [2.45, 2.75) is 89.6 Å². The Balaban J connectivity index is -0.000000226. The molecule has 0 fully saturated rings. The summed E-state index contributed by atoms with van der Waals surface area (Å²) >= 11 is 0. The van der Waals surface area contributed by atoms with Crippen LogP contribution >= 0.6 is 0 Å². The summed E-state index contributed by atoms with van der Waals surface area (Å²) in [5.74, 6) is -5.02. The number of aliphatic carboxylic acids is 3. The fourth-order valence-corrected chi connectivity index (χ4v) is 2.79. The van der Waals surface area contributed by atoms with Crippen LogP contribution in [0.4, 0.5) is 0 Å². The van der Waals surface area contributed by atoms with E-state index in [-0.39, 0.29) is 19.0 Å². The summed E-state index contributed by atoms with van der Waals surface area (Å²) in [6.45, 7) is 4.09. The fraction of sp³-hybridized carbons (Fsp3) is 0.870. The lowest BCUT2D eigenvalue weighted by Gasteiger charge is -2.23. The lowest BCUT2D eigenvalue weighted by Crippen LogP contribution is -3.00. The van der Waals surface area contributed by atoms with E-state index in [0.717, 1.165) is 4.48 Å². The molecule has 0 saturated heterocycles. The second kappa shape index (κ2) is 24.7. The molecule has 0 saturated carbocycles. The molecule has 10 nitrogen and oxygen atoms in total. The summed E-state index contributed by atoms with van der Waals surface area (Å²) in [5, 5.41) is 41.6. The van der Waals surface area contributed by atoms with Gasteiger partial charge in [0.1, 0.15) is 0 Å². The van der Waals surface area contributed by atoms with E-state index in [0.29, 0.717) is 6.54 Å². The maximum absolute atomic E-state index is 10.3. The van der Waals surface area contributed by atoms with E-state index in [1.807, 2.05) is 0 Å². The molecule has 0 aliphatic carbocycles. The van der Waals surface area contributed by atoms with E-state index in [4.69, 9.17) is 31.3 Å². The molecule has 34 heavy (non-hydrogen) atoms. The Morgan fingerprint density at radius 2 is 1.09 bits per heavy atom. The smallest absolute Gasteiger partial charge is 0.336 e. The number of carbonyl (C=O) groups is 3. The first-order valence-corrected chi connectivity index (χ1v) is 11.8. The van der Waals surface area contributed by atoms with Gasteiger partial charge in [-0.25, -0.2) is 4.79 Å². The molecular formula is C23H49ClN2O8. The maximum atomic E-state index is 10.3. The molecule has 0 amide bonds. The summed E-state index contributed by atoms with van der Waals surface area (Å²) < 4.78 is 1.12. The van der Waals surface area contributed by atoms with E-state index in [1.54, 1.807) is 0 Å². The molecule has 0 heterocycles. The summed E-state index contributed by atoms with van der Waals surface area (Å²) in [5.41, 5.74) is 2.04.